The summed E-state index contributed by atoms with van der Waals surface area (Å²) in [5.41, 5.74) is 1.23. The summed E-state index contributed by atoms with van der Waals surface area (Å²) in [7, 11) is -3.76. The lowest BCUT2D eigenvalue weighted by molar-refractivity contribution is 0.102. The van der Waals surface area contributed by atoms with Gasteiger partial charge in [-0.15, -0.1) is 0 Å². The maximum Gasteiger partial charge on any atom is 0.256 e. The van der Waals surface area contributed by atoms with Crippen LogP contribution in [-0.2, 0) is 16.6 Å². The molecule has 10 heteroatoms. The number of nitrogens with one attached hydrogen (secondary N) is 1. The molecule has 8 nitrogen and oxygen atoms in total. The number of aromatic nitrogens is 3. The van der Waals surface area contributed by atoms with Crippen molar-refractivity contribution in [2.45, 2.75) is 30.7 Å². The highest BCUT2D eigenvalue weighted by Crippen LogP contribution is 2.28. The van der Waals surface area contributed by atoms with Gasteiger partial charge in [0.2, 0.25) is 10.0 Å². The zero-order valence-corrected chi connectivity index (χ0v) is 18.3. The minimum atomic E-state index is -3.76. The van der Waals surface area contributed by atoms with E-state index in [0.29, 0.717) is 25.5 Å². The summed E-state index contributed by atoms with van der Waals surface area (Å²) >= 11 is 6.19. The van der Waals surface area contributed by atoms with E-state index < -0.39 is 15.9 Å². The second-order valence-electron chi connectivity index (χ2n) is 7.32. The highest BCUT2D eigenvalue weighted by molar-refractivity contribution is 7.89. The molecule has 0 unspecified atom stereocenters. The fraction of sp³-hybridized carbons (Fsp3) is 0.286. The first-order valence-electron chi connectivity index (χ1n) is 9.97. The van der Waals surface area contributed by atoms with E-state index in [1.165, 1.54) is 22.5 Å². The molecule has 1 N–H and O–H groups in total. The number of carbonyl (C=O) groups excluding carboxylic acids is 1. The smallest absolute Gasteiger partial charge is 0.256 e. The molecular formula is C21H22ClN5O3S. The molecule has 0 aliphatic carbocycles. The van der Waals surface area contributed by atoms with Crippen molar-refractivity contribution < 1.29 is 13.2 Å². The second-order valence-corrected chi connectivity index (χ2v) is 9.63. The zero-order chi connectivity index (χ0) is 21.8. The molecule has 1 aromatic carbocycles. The Bertz CT molecular complexity index is 1170. The van der Waals surface area contributed by atoms with Crippen molar-refractivity contribution in [1.29, 1.82) is 0 Å². The number of hydrogen-bond acceptors (Lipinski definition) is 5. The Balaban J connectivity index is 1.50. The Morgan fingerprint density at radius 3 is 2.55 bits per heavy atom. The summed E-state index contributed by atoms with van der Waals surface area (Å²) < 4.78 is 29.1. The van der Waals surface area contributed by atoms with Gasteiger partial charge in [-0.05, 0) is 48.7 Å². The van der Waals surface area contributed by atoms with Crippen LogP contribution in [-0.4, -0.2) is 46.5 Å². The van der Waals surface area contributed by atoms with Crippen molar-refractivity contribution in [2.75, 3.05) is 18.4 Å². The number of sulfonamides is 1. The highest BCUT2D eigenvalue weighted by atomic mass is 35.5. The quantitative estimate of drug-likeness (QED) is 0.609. The van der Waals surface area contributed by atoms with Gasteiger partial charge in [-0.2, -0.15) is 9.40 Å². The van der Waals surface area contributed by atoms with Gasteiger partial charge in [0.25, 0.3) is 5.91 Å². The molecular weight excluding hydrogens is 438 g/mol. The molecule has 162 valence electrons. The Morgan fingerprint density at radius 1 is 1.06 bits per heavy atom. The average molecular weight is 460 g/mol. The van der Waals surface area contributed by atoms with Crippen LogP contribution in [0.25, 0.3) is 0 Å². The molecule has 1 aliphatic rings. The van der Waals surface area contributed by atoms with Gasteiger partial charge < -0.3 is 5.32 Å². The first-order valence-corrected chi connectivity index (χ1v) is 11.8. The van der Waals surface area contributed by atoms with Crippen LogP contribution in [0.5, 0.6) is 0 Å². The molecule has 0 saturated carbocycles. The van der Waals surface area contributed by atoms with E-state index in [4.69, 9.17) is 11.6 Å². The van der Waals surface area contributed by atoms with Crippen LogP contribution < -0.4 is 5.32 Å². The summed E-state index contributed by atoms with van der Waals surface area (Å²) in [5, 5.41) is 7.15. The Kier molecular flexibility index (Phi) is 6.35. The van der Waals surface area contributed by atoms with Crippen molar-refractivity contribution in [1.82, 2.24) is 19.1 Å². The highest BCUT2D eigenvalue weighted by Gasteiger charge is 2.28. The number of amides is 1. The predicted octanol–water partition coefficient (Wildman–Crippen LogP) is 3.41. The molecule has 1 amide bonds. The fourth-order valence-electron chi connectivity index (χ4n) is 3.47. The van der Waals surface area contributed by atoms with Crippen LogP contribution >= 0.6 is 11.6 Å². The molecule has 0 bridgehead atoms. The van der Waals surface area contributed by atoms with Gasteiger partial charge >= 0.3 is 0 Å². The average Bonchev–Trinajstić information content (AvgIpc) is 3.21. The zero-order valence-electron chi connectivity index (χ0n) is 16.7. The maximum absolute atomic E-state index is 13.0. The van der Waals surface area contributed by atoms with Crippen LogP contribution in [0.4, 0.5) is 5.82 Å². The molecule has 31 heavy (non-hydrogen) atoms. The van der Waals surface area contributed by atoms with Crippen molar-refractivity contribution >= 4 is 33.3 Å². The second kappa shape index (κ2) is 9.17. The first-order chi connectivity index (χ1) is 14.9. The molecule has 3 heterocycles. The summed E-state index contributed by atoms with van der Waals surface area (Å²) in [6.45, 7) is 1.46. The van der Waals surface area contributed by atoms with E-state index in [9.17, 15) is 13.2 Å². The summed E-state index contributed by atoms with van der Waals surface area (Å²) in [6, 6.07) is 9.72. The molecule has 0 spiro atoms. The van der Waals surface area contributed by atoms with Crippen molar-refractivity contribution in [2.24, 2.45) is 0 Å². The van der Waals surface area contributed by atoms with Crippen LogP contribution in [0, 0.1) is 0 Å². The van der Waals surface area contributed by atoms with E-state index in [2.05, 4.69) is 15.4 Å². The number of anilines is 1. The maximum atomic E-state index is 13.0. The number of halogens is 1. The number of hydrogen-bond donors (Lipinski definition) is 1. The Hall–Kier alpha value is -2.75. The molecule has 1 fully saturated rings. The van der Waals surface area contributed by atoms with Crippen molar-refractivity contribution in [3.8, 4) is 0 Å². The molecule has 3 aromatic rings. The van der Waals surface area contributed by atoms with Gasteiger partial charge in [-0.25, -0.2) is 8.42 Å². The monoisotopic (exact) mass is 459 g/mol. The van der Waals surface area contributed by atoms with Gasteiger partial charge in [-0.3, -0.25) is 14.5 Å². The van der Waals surface area contributed by atoms with Gasteiger partial charge in [0.1, 0.15) is 4.90 Å². The minimum absolute atomic E-state index is 0.0491. The molecule has 1 saturated heterocycles. The third-order valence-electron chi connectivity index (χ3n) is 5.10. The van der Waals surface area contributed by atoms with Gasteiger partial charge in [-0.1, -0.05) is 18.0 Å². The number of benzene rings is 1. The van der Waals surface area contributed by atoms with Crippen molar-refractivity contribution in [3.05, 3.63) is 71.1 Å². The summed E-state index contributed by atoms with van der Waals surface area (Å²) in [5.74, 6) is -0.0876. The number of pyridine rings is 1. The first kappa shape index (κ1) is 21.5. The third-order valence-corrected chi connectivity index (χ3v) is 7.48. The lowest BCUT2D eigenvalue weighted by Crippen LogP contribution is -2.35. The fourth-order valence-corrected chi connectivity index (χ4v) is 5.48. The number of carbonyl (C=O) groups is 1. The molecule has 4 rings (SSSR count). The van der Waals surface area contributed by atoms with E-state index in [-0.39, 0.29) is 15.5 Å². The van der Waals surface area contributed by atoms with Gasteiger partial charge in [0, 0.05) is 43.3 Å². The minimum Gasteiger partial charge on any atom is -0.305 e. The number of piperidine rings is 1. The Morgan fingerprint density at radius 2 is 1.81 bits per heavy atom. The standard InChI is InChI=1S/C21H22ClN5O3S/c22-18-5-4-17(14-19(18)31(29,30)27-11-2-1-3-12-27)21(28)24-20-8-13-26(25-20)15-16-6-9-23-10-7-16/h4-10,13-14H,1-3,11-12,15H2,(H,24,25,28). The van der Waals surface area contributed by atoms with E-state index in [1.807, 2.05) is 12.1 Å². The van der Waals surface area contributed by atoms with Gasteiger partial charge in [0.05, 0.1) is 11.6 Å². The van der Waals surface area contributed by atoms with Crippen LogP contribution in [0.1, 0.15) is 35.2 Å². The van der Waals surface area contributed by atoms with Crippen LogP contribution in [0.3, 0.4) is 0 Å². The summed E-state index contributed by atoms with van der Waals surface area (Å²) in [6.07, 6.45) is 7.81. The normalized spacial score (nSPS) is 15.0. The summed E-state index contributed by atoms with van der Waals surface area (Å²) in [4.78, 5) is 16.7. The number of rotatable bonds is 6. The molecule has 2 aromatic heterocycles. The van der Waals surface area contributed by atoms with E-state index in [1.54, 1.807) is 29.3 Å². The predicted molar refractivity (Wildman–Crippen MR) is 118 cm³/mol. The molecule has 1 aliphatic heterocycles. The largest absolute Gasteiger partial charge is 0.305 e. The van der Waals surface area contributed by atoms with E-state index in [0.717, 1.165) is 24.8 Å². The van der Waals surface area contributed by atoms with Gasteiger partial charge in [0.15, 0.2) is 5.82 Å². The molecule has 0 atom stereocenters. The van der Waals surface area contributed by atoms with E-state index >= 15 is 0 Å². The topological polar surface area (TPSA) is 97.2 Å². The third kappa shape index (κ3) is 4.95. The lowest BCUT2D eigenvalue weighted by Gasteiger charge is -2.26. The van der Waals surface area contributed by atoms with Crippen molar-refractivity contribution in [3.63, 3.8) is 0 Å². The SMILES string of the molecule is O=C(Nc1ccn(Cc2ccncc2)n1)c1ccc(Cl)c(S(=O)(=O)N2CCCCC2)c1. The lowest BCUT2D eigenvalue weighted by atomic mass is 10.2. The van der Waals surface area contributed by atoms with Crippen LogP contribution in [0.15, 0.2) is 59.9 Å². The molecule has 0 radical (unpaired) electrons. The number of nitrogens with zero attached hydrogens (tertiary/aromatic N) is 4. The Labute approximate surface area is 185 Å². The van der Waals surface area contributed by atoms with Crippen LogP contribution in [0.2, 0.25) is 5.02 Å².